The van der Waals surface area contributed by atoms with E-state index in [1.54, 1.807) is 49.4 Å². The maximum atomic E-state index is 13.6. The van der Waals surface area contributed by atoms with Crippen LogP contribution in [0.5, 0.6) is 11.6 Å². The zero-order chi connectivity index (χ0) is 19.4. The molecule has 0 aliphatic rings. The van der Waals surface area contributed by atoms with Gasteiger partial charge in [0.2, 0.25) is 11.8 Å². The molecule has 136 valence electrons. The van der Waals surface area contributed by atoms with Gasteiger partial charge in [-0.2, -0.15) is 0 Å². The number of anilines is 1. The molecular formula is C20H16FN3O3. The molecule has 3 aromatic rings. The van der Waals surface area contributed by atoms with Crippen molar-refractivity contribution in [3.63, 3.8) is 0 Å². The van der Waals surface area contributed by atoms with E-state index in [1.165, 1.54) is 18.3 Å². The molecule has 3 N–H and O–H groups in total. The van der Waals surface area contributed by atoms with E-state index >= 15 is 0 Å². The number of primary amides is 1. The quantitative estimate of drug-likeness (QED) is 0.721. The van der Waals surface area contributed by atoms with Crippen LogP contribution in [-0.4, -0.2) is 16.8 Å². The van der Waals surface area contributed by atoms with Gasteiger partial charge in [-0.3, -0.25) is 9.59 Å². The minimum absolute atomic E-state index is 0.210. The first-order chi connectivity index (χ1) is 12.9. The van der Waals surface area contributed by atoms with E-state index in [9.17, 15) is 14.0 Å². The van der Waals surface area contributed by atoms with Gasteiger partial charge in [-0.15, -0.1) is 0 Å². The van der Waals surface area contributed by atoms with Gasteiger partial charge in [0, 0.05) is 17.2 Å². The molecule has 0 saturated carbocycles. The van der Waals surface area contributed by atoms with E-state index in [0.717, 1.165) is 0 Å². The molecule has 0 fully saturated rings. The van der Waals surface area contributed by atoms with Crippen LogP contribution in [0, 0.1) is 12.7 Å². The van der Waals surface area contributed by atoms with Crippen molar-refractivity contribution >= 4 is 17.5 Å². The Labute approximate surface area is 154 Å². The van der Waals surface area contributed by atoms with Crippen LogP contribution in [0.15, 0.2) is 60.8 Å². The molecule has 1 heterocycles. The summed E-state index contributed by atoms with van der Waals surface area (Å²) in [6, 6.07) is 13.8. The summed E-state index contributed by atoms with van der Waals surface area (Å²) in [7, 11) is 0. The van der Waals surface area contributed by atoms with Gasteiger partial charge in [-0.25, -0.2) is 9.37 Å². The number of hydrogen-bond donors (Lipinski definition) is 2. The van der Waals surface area contributed by atoms with Crippen LogP contribution in [0.2, 0.25) is 0 Å². The first kappa shape index (κ1) is 18.1. The summed E-state index contributed by atoms with van der Waals surface area (Å²) in [6.45, 7) is 1.62. The van der Waals surface area contributed by atoms with Crippen LogP contribution in [0.4, 0.5) is 10.1 Å². The number of halogens is 1. The fourth-order valence-corrected chi connectivity index (χ4v) is 2.29. The Morgan fingerprint density at radius 3 is 2.56 bits per heavy atom. The fourth-order valence-electron chi connectivity index (χ4n) is 2.29. The number of pyridine rings is 1. The number of carbonyl (C=O) groups is 2. The molecule has 0 spiro atoms. The Kier molecular flexibility index (Phi) is 5.12. The molecule has 2 amide bonds. The first-order valence-electron chi connectivity index (χ1n) is 8.03. The summed E-state index contributed by atoms with van der Waals surface area (Å²) in [5.41, 5.74) is 6.66. The van der Waals surface area contributed by atoms with Gasteiger partial charge in [0.1, 0.15) is 11.6 Å². The van der Waals surface area contributed by atoms with Crippen molar-refractivity contribution in [2.24, 2.45) is 5.73 Å². The number of rotatable bonds is 5. The second-order valence-electron chi connectivity index (χ2n) is 5.80. The summed E-state index contributed by atoms with van der Waals surface area (Å²) in [5.74, 6) is -0.762. The molecule has 6 nitrogen and oxygen atoms in total. The number of aryl methyl sites for hydroxylation is 1. The largest absolute Gasteiger partial charge is 0.439 e. The SMILES string of the molecule is Cc1ccc(C(=O)Nc2ccc(Oc3cccc(C(N)=O)c3)nc2)cc1F. The van der Waals surface area contributed by atoms with Crippen LogP contribution in [-0.2, 0) is 0 Å². The summed E-state index contributed by atoms with van der Waals surface area (Å²) >= 11 is 0. The normalized spacial score (nSPS) is 10.3. The van der Waals surface area contributed by atoms with Crippen molar-refractivity contribution in [1.29, 1.82) is 0 Å². The summed E-state index contributed by atoms with van der Waals surface area (Å²) in [5, 5.41) is 2.64. The maximum Gasteiger partial charge on any atom is 0.255 e. The first-order valence-corrected chi connectivity index (χ1v) is 8.03. The summed E-state index contributed by atoms with van der Waals surface area (Å²) < 4.78 is 19.1. The van der Waals surface area contributed by atoms with E-state index < -0.39 is 17.6 Å². The zero-order valence-electron chi connectivity index (χ0n) is 14.4. The standard InChI is InChI=1S/C20H16FN3O3/c1-12-5-6-14(10-17(12)21)20(26)24-15-7-8-18(23-11-15)27-16-4-2-3-13(9-16)19(22)25/h2-11H,1H3,(H2,22,25)(H,24,26). The summed E-state index contributed by atoms with van der Waals surface area (Å²) in [4.78, 5) is 27.5. The van der Waals surface area contributed by atoms with Crippen molar-refractivity contribution in [1.82, 2.24) is 4.98 Å². The number of amides is 2. The minimum Gasteiger partial charge on any atom is -0.439 e. The molecule has 3 rings (SSSR count). The van der Waals surface area contributed by atoms with Crippen molar-refractivity contribution in [3.05, 3.63) is 83.3 Å². The van der Waals surface area contributed by atoms with Crippen molar-refractivity contribution in [2.75, 3.05) is 5.32 Å². The fraction of sp³-hybridized carbons (Fsp3) is 0.0500. The Hall–Kier alpha value is -3.74. The second kappa shape index (κ2) is 7.65. The Morgan fingerprint density at radius 1 is 1.07 bits per heavy atom. The number of benzene rings is 2. The van der Waals surface area contributed by atoms with E-state index in [1.807, 2.05) is 0 Å². The topological polar surface area (TPSA) is 94.3 Å². The van der Waals surface area contributed by atoms with Crippen molar-refractivity contribution < 1.29 is 18.7 Å². The third-order valence-corrected chi connectivity index (χ3v) is 3.77. The Morgan fingerprint density at radius 2 is 1.89 bits per heavy atom. The van der Waals surface area contributed by atoms with Gasteiger partial charge in [0.15, 0.2) is 0 Å². The second-order valence-corrected chi connectivity index (χ2v) is 5.80. The van der Waals surface area contributed by atoms with Crippen molar-refractivity contribution in [2.45, 2.75) is 6.92 Å². The van der Waals surface area contributed by atoms with Gasteiger partial charge in [-0.1, -0.05) is 12.1 Å². The van der Waals surface area contributed by atoms with Gasteiger partial charge >= 0.3 is 0 Å². The zero-order valence-corrected chi connectivity index (χ0v) is 14.4. The highest BCUT2D eigenvalue weighted by Crippen LogP contribution is 2.22. The molecule has 0 saturated heterocycles. The van der Waals surface area contributed by atoms with Crippen molar-refractivity contribution in [3.8, 4) is 11.6 Å². The third kappa shape index (κ3) is 4.46. The number of nitrogens with one attached hydrogen (secondary N) is 1. The van der Waals surface area contributed by atoms with Crippen LogP contribution < -0.4 is 15.8 Å². The highest BCUT2D eigenvalue weighted by Gasteiger charge is 2.09. The lowest BCUT2D eigenvalue weighted by Gasteiger charge is -2.08. The molecular weight excluding hydrogens is 349 g/mol. The van der Waals surface area contributed by atoms with Gasteiger partial charge in [-0.05, 0) is 48.9 Å². The van der Waals surface area contributed by atoms with E-state index in [0.29, 0.717) is 22.6 Å². The van der Waals surface area contributed by atoms with E-state index in [4.69, 9.17) is 10.5 Å². The van der Waals surface area contributed by atoms with Crippen LogP contribution in [0.3, 0.4) is 0 Å². The summed E-state index contributed by atoms with van der Waals surface area (Å²) in [6.07, 6.45) is 1.41. The average molecular weight is 365 g/mol. The van der Waals surface area contributed by atoms with Crippen LogP contribution in [0.25, 0.3) is 0 Å². The molecule has 27 heavy (non-hydrogen) atoms. The predicted octanol–water partition coefficient (Wildman–Crippen LogP) is 3.67. The average Bonchev–Trinajstić information content (AvgIpc) is 2.65. The molecule has 7 heteroatoms. The lowest BCUT2D eigenvalue weighted by Crippen LogP contribution is -2.12. The number of hydrogen-bond acceptors (Lipinski definition) is 4. The molecule has 0 atom stereocenters. The van der Waals surface area contributed by atoms with E-state index in [-0.39, 0.29) is 11.4 Å². The van der Waals surface area contributed by atoms with Crippen LogP contribution >= 0.6 is 0 Å². The maximum absolute atomic E-state index is 13.6. The van der Waals surface area contributed by atoms with E-state index in [2.05, 4.69) is 10.3 Å². The molecule has 0 bridgehead atoms. The highest BCUT2D eigenvalue weighted by atomic mass is 19.1. The highest BCUT2D eigenvalue weighted by molar-refractivity contribution is 6.04. The molecule has 2 aromatic carbocycles. The number of ether oxygens (including phenoxy) is 1. The minimum atomic E-state index is -0.556. The monoisotopic (exact) mass is 365 g/mol. The third-order valence-electron chi connectivity index (χ3n) is 3.77. The lowest BCUT2D eigenvalue weighted by atomic mass is 10.1. The van der Waals surface area contributed by atoms with Gasteiger partial charge in [0.05, 0.1) is 11.9 Å². The molecule has 0 unspecified atom stereocenters. The molecule has 0 aliphatic heterocycles. The predicted molar refractivity (Wildman–Crippen MR) is 98.4 cm³/mol. The molecule has 1 aromatic heterocycles. The molecule has 0 aliphatic carbocycles. The van der Waals surface area contributed by atoms with Gasteiger partial charge in [0.25, 0.3) is 5.91 Å². The Bertz CT molecular complexity index is 1000. The lowest BCUT2D eigenvalue weighted by molar-refractivity contribution is 0.0997. The number of nitrogens with zero attached hydrogens (tertiary/aromatic N) is 1. The van der Waals surface area contributed by atoms with Gasteiger partial charge < -0.3 is 15.8 Å². The Balaban J connectivity index is 1.68. The molecule has 0 radical (unpaired) electrons. The number of carbonyl (C=O) groups excluding carboxylic acids is 2. The van der Waals surface area contributed by atoms with Crippen LogP contribution in [0.1, 0.15) is 26.3 Å². The number of nitrogens with two attached hydrogens (primary N) is 1. The number of aromatic nitrogens is 1. The smallest absolute Gasteiger partial charge is 0.255 e.